The Bertz CT molecular complexity index is 200. The van der Waals surface area contributed by atoms with Crippen molar-refractivity contribution < 1.29 is 24.2 Å². The Morgan fingerprint density at radius 2 is 1.44 bits per heavy atom. The lowest BCUT2D eigenvalue weighted by atomic mass is 10.3. The SMILES string of the molecule is CCOC(=O)NCC(O)CNC(=O)OCC. The van der Waals surface area contributed by atoms with E-state index in [0.717, 1.165) is 0 Å². The zero-order valence-corrected chi connectivity index (χ0v) is 9.49. The van der Waals surface area contributed by atoms with Gasteiger partial charge in [0.2, 0.25) is 0 Å². The van der Waals surface area contributed by atoms with Crippen molar-refractivity contribution in [2.75, 3.05) is 26.3 Å². The van der Waals surface area contributed by atoms with Crippen LogP contribution in [0.25, 0.3) is 0 Å². The number of nitrogens with one attached hydrogen (secondary N) is 2. The van der Waals surface area contributed by atoms with E-state index < -0.39 is 18.3 Å². The summed E-state index contributed by atoms with van der Waals surface area (Å²) in [6, 6.07) is 0. The molecule has 0 aromatic carbocycles. The zero-order chi connectivity index (χ0) is 12.4. The summed E-state index contributed by atoms with van der Waals surface area (Å²) in [5.41, 5.74) is 0. The van der Waals surface area contributed by atoms with Crippen molar-refractivity contribution in [2.24, 2.45) is 0 Å². The largest absolute Gasteiger partial charge is 0.450 e. The summed E-state index contributed by atoms with van der Waals surface area (Å²) in [5, 5.41) is 14.0. The van der Waals surface area contributed by atoms with Gasteiger partial charge < -0.3 is 25.2 Å². The number of carbonyl (C=O) groups excluding carboxylic acids is 2. The number of aliphatic hydroxyl groups excluding tert-OH is 1. The van der Waals surface area contributed by atoms with Gasteiger partial charge in [0.15, 0.2) is 0 Å². The van der Waals surface area contributed by atoms with E-state index in [9.17, 15) is 14.7 Å². The molecule has 0 aromatic heterocycles. The first-order chi connectivity index (χ1) is 7.60. The van der Waals surface area contributed by atoms with Crippen LogP contribution in [0.3, 0.4) is 0 Å². The minimum Gasteiger partial charge on any atom is -0.450 e. The molecule has 0 aliphatic rings. The van der Waals surface area contributed by atoms with Crippen LogP contribution >= 0.6 is 0 Å². The van der Waals surface area contributed by atoms with E-state index in [1.165, 1.54) is 0 Å². The molecule has 0 atom stereocenters. The van der Waals surface area contributed by atoms with E-state index in [0.29, 0.717) is 0 Å². The monoisotopic (exact) mass is 234 g/mol. The summed E-state index contributed by atoms with van der Waals surface area (Å²) >= 11 is 0. The summed E-state index contributed by atoms with van der Waals surface area (Å²) in [5.74, 6) is 0. The predicted octanol–water partition coefficient (Wildman–Crippen LogP) is -0.161. The van der Waals surface area contributed by atoms with Crippen LogP contribution in [-0.2, 0) is 9.47 Å². The minimum atomic E-state index is -0.881. The Morgan fingerprint density at radius 1 is 1.06 bits per heavy atom. The predicted molar refractivity (Wildman–Crippen MR) is 56.1 cm³/mol. The van der Waals surface area contributed by atoms with E-state index >= 15 is 0 Å². The average Bonchev–Trinajstić information content (AvgIpc) is 2.24. The van der Waals surface area contributed by atoms with Gasteiger partial charge in [0, 0.05) is 13.1 Å². The third-order valence-corrected chi connectivity index (χ3v) is 1.51. The summed E-state index contributed by atoms with van der Waals surface area (Å²) in [7, 11) is 0. The van der Waals surface area contributed by atoms with Crippen LogP contribution in [0.15, 0.2) is 0 Å². The highest BCUT2D eigenvalue weighted by Crippen LogP contribution is 1.83. The number of ether oxygens (including phenoxy) is 2. The Hall–Kier alpha value is -1.50. The Morgan fingerprint density at radius 3 is 1.75 bits per heavy atom. The third-order valence-electron chi connectivity index (χ3n) is 1.51. The molecule has 0 saturated carbocycles. The van der Waals surface area contributed by atoms with Crippen molar-refractivity contribution in [3.8, 4) is 0 Å². The van der Waals surface area contributed by atoms with Crippen LogP contribution in [0.2, 0.25) is 0 Å². The third kappa shape index (κ3) is 7.86. The van der Waals surface area contributed by atoms with Gasteiger partial charge in [-0.25, -0.2) is 9.59 Å². The van der Waals surface area contributed by atoms with Crippen molar-refractivity contribution in [2.45, 2.75) is 20.0 Å². The van der Waals surface area contributed by atoms with Gasteiger partial charge in [0.25, 0.3) is 0 Å². The van der Waals surface area contributed by atoms with Crippen molar-refractivity contribution in [3.63, 3.8) is 0 Å². The van der Waals surface area contributed by atoms with E-state index in [4.69, 9.17) is 0 Å². The molecule has 0 unspecified atom stereocenters. The van der Waals surface area contributed by atoms with Crippen LogP contribution in [0.4, 0.5) is 9.59 Å². The number of alkyl carbamates (subject to hydrolysis) is 2. The minimum absolute atomic E-state index is 0.00520. The molecule has 0 aliphatic heterocycles. The smallest absolute Gasteiger partial charge is 0.407 e. The van der Waals surface area contributed by atoms with E-state index in [1.54, 1.807) is 13.8 Å². The molecular weight excluding hydrogens is 216 g/mol. The first-order valence-corrected chi connectivity index (χ1v) is 5.09. The Balaban J connectivity index is 3.54. The normalized spacial score (nSPS) is 9.75. The van der Waals surface area contributed by atoms with Gasteiger partial charge in [0.05, 0.1) is 19.3 Å². The lowest BCUT2D eigenvalue weighted by Gasteiger charge is -2.12. The molecule has 7 heteroatoms. The molecule has 2 amide bonds. The van der Waals surface area contributed by atoms with Gasteiger partial charge in [-0.1, -0.05) is 0 Å². The second-order valence-electron chi connectivity index (χ2n) is 2.86. The fraction of sp³-hybridized carbons (Fsp3) is 0.778. The quantitative estimate of drug-likeness (QED) is 0.593. The Kier molecular flexibility index (Phi) is 7.96. The van der Waals surface area contributed by atoms with Crippen molar-refractivity contribution in [1.82, 2.24) is 10.6 Å². The van der Waals surface area contributed by atoms with Crippen molar-refractivity contribution in [1.29, 1.82) is 0 Å². The number of carbonyl (C=O) groups is 2. The van der Waals surface area contributed by atoms with Gasteiger partial charge in [-0.3, -0.25) is 0 Å². The molecule has 0 saturated heterocycles. The summed E-state index contributed by atoms with van der Waals surface area (Å²) in [4.78, 5) is 21.7. The molecule has 0 bridgehead atoms. The van der Waals surface area contributed by atoms with Gasteiger partial charge in [-0.2, -0.15) is 0 Å². The van der Waals surface area contributed by atoms with Crippen LogP contribution in [-0.4, -0.2) is 49.7 Å². The van der Waals surface area contributed by atoms with Crippen LogP contribution in [0.5, 0.6) is 0 Å². The molecule has 94 valence electrons. The molecule has 0 heterocycles. The molecule has 0 radical (unpaired) electrons. The second kappa shape index (κ2) is 8.78. The number of aliphatic hydroxyl groups is 1. The molecule has 0 aliphatic carbocycles. The fourth-order valence-electron chi connectivity index (χ4n) is 0.839. The number of rotatable bonds is 6. The van der Waals surface area contributed by atoms with E-state index in [2.05, 4.69) is 20.1 Å². The molecule has 0 rings (SSSR count). The summed E-state index contributed by atoms with van der Waals surface area (Å²) in [6.45, 7) is 3.90. The number of hydrogen-bond acceptors (Lipinski definition) is 5. The van der Waals surface area contributed by atoms with Crippen LogP contribution < -0.4 is 10.6 Å². The molecule has 0 spiro atoms. The fourth-order valence-corrected chi connectivity index (χ4v) is 0.839. The van der Waals surface area contributed by atoms with Crippen molar-refractivity contribution in [3.05, 3.63) is 0 Å². The molecule has 3 N–H and O–H groups in total. The topological polar surface area (TPSA) is 96.9 Å². The van der Waals surface area contributed by atoms with E-state index in [1.807, 2.05) is 0 Å². The van der Waals surface area contributed by atoms with Gasteiger partial charge in [-0.15, -0.1) is 0 Å². The van der Waals surface area contributed by atoms with Gasteiger partial charge in [-0.05, 0) is 13.8 Å². The highest BCUT2D eigenvalue weighted by atomic mass is 16.6. The number of hydrogen-bond donors (Lipinski definition) is 3. The molecule has 0 fully saturated rings. The Labute approximate surface area is 94.1 Å². The average molecular weight is 234 g/mol. The maximum atomic E-state index is 10.8. The lowest BCUT2D eigenvalue weighted by molar-refractivity contribution is 0.125. The molecule has 7 nitrogen and oxygen atoms in total. The first-order valence-electron chi connectivity index (χ1n) is 5.09. The first kappa shape index (κ1) is 14.5. The van der Waals surface area contributed by atoms with E-state index in [-0.39, 0.29) is 26.3 Å². The van der Waals surface area contributed by atoms with Gasteiger partial charge in [0.1, 0.15) is 0 Å². The highest BCUT2D eigenvalue weighted by Gasteiger charge is 2.09. The molecular formula is C9H18N2O5. The van der Waals surface area contributed by atoms with Gasteiger partial charge >= 0.3 is 12.2 Å². The van der Waals surface area contributed by atoms with Crippen LogP contribution in [0.1, 0.15) is 13.8 Å². The molecule has 0 aromatic rings. The highest BCUT2D eigenvalue weighted by molar-refractivity contribution is 5.67. The molecule has 16 heavy (non-hydrogen) atoms. The summed E-state index contributed by atoms with van der Waals surface area (Å²) in [6.07, 6.45) is -2.08. The van der Waals surface area contributed by atoms with Crippen LogP contribution in [0, 0.1) is 0 Å². The lowest BCUT2D eigenvalue weighted by Crippen LogP contribution is -2.40. The van der Waals surface area contributed by atoms with Crippen molar-refractivity contribution >= 4 is 12.2 Å². The zero-order valence-electron chi connectivity index (χ0n) is 9.49. The number of amides is 2. The standard InChI is InChI=1S/C9H18N2O5/c1-3-15-8(13)10-5-7(12)6-11-9(14)16-4-2/h7,12H,3-6H2,1-2H3,(H,10,13)(H,11,14). The summed E-state index contributed by atoms with van der Waals surface area (Å²) < 4.78 is 9.17. The second-order valence-corrected chi connectivity index (χ2v) is 2.86. The maximum Gasteiger partial charge on any atom is 0.407 e. The maximum absolute atomic E-state index is 10.8.